The fourth-order valence-electron chi connectivity index (χ4n) is 2.25. The zero-order chi connectivity index (χ0) is 13.7. The van der Waals surface area contributed by atoms with Crippen molar-refractivity contribution in [2.24, 2.45) is 0 Å². The normalized spacial score (nSPS) is 16.8. The molecule has 0 amide bonds. The maximum absolute atomic E-state index is 12.8. The summed E-state index contributed by atoms with van der Waals surface area (Å²) in [6.45, 7) is 4.29. The molecular formula is C16H25FN2. The summed E-state index contributed by atoms with van der Waals surface area (Å²) in [6.07, 6.45) is 5.16. The van der Waals surface area contributed by atoms with Gasteiger partial charge in [0.15, 0.2) is 0 Å². The Morgan fingerprint density at radius 2 is 2.00 bits per heavy atom. The maximum atomic E-state index is 12.8. The average Bonchev–Trinajstić information content (AvgIpc) is 3.21. The molecule has 2 nitrogen and oxygen atoms in total. The molecule has 1 fully saturated rings. The van der Waals surface area contributed by atoms with Gasteiger partial charge < -0.3 is 5.32 Å². The molecule has 1 aromatic rings. The first kappa shape index (κ1) is 14.5. The van der Waals surface area contributed by atoms with E-state index in [4.69, 9.17) is 0 Å². The number of hydrogen-bond donors (Lipinski definition) is 1. The van der Waals surface area contributed by atoms with E-state index in [1.165, 1.54) is 43.4 Å². The van der Waals surface area contributed by atoms with Crippen molar-refractivity contribution < 1.29 is 4.39 Å². The molecule has 0 saturated heterocycles. The molecule has 0 aromatic heterocycles. The van der Waals surface area contributed by atoms with Gasteiger partial charge in [0.25, 0.3) is 0 Å². The lowest BCUT2D eigenvalue weighted by atomic mass is 10.1. The van der Waals surface area contributed by atoms with Gasteiger partial charge in [-0.1, -0.05) is 12.1 Å². The largest absolute Gasteiger partial charge is 0.314 e. The molecule has 1 aliphatic rings. The van der Waals surface area contributed by atoms with Crippen molar-refractivity contribution in [3.05, 3.63) is 35.6 Å². The second kappa shape index (κ2) is 7.01. The zero-order valence-corrected chi connectivity index (χ0v) is 12.0. The first-order valence-corrected chi connectivity index (χ1v) is 7.33. The molecule has 0 heterocycles. The van der Waals surface area contributed by atoms with Gasteiger partial charge in [0.2, 0.25) is 0 Å². The summed E-state index contributed by atoms with van der Waals surface area (Å²) >= 11 is 0. The minimum absolute atomic E-state index is 0.161. The summed E-state index contributed by atoms with van der Waals surface area (Å²) in [5, 5.41) is 3.55. The van der Waals surface area contributed by atoms with E-state index in [1.54, 1.807) is 0 Å². The molecule has 106 valence electrons. The van der Waals surface area contributed by atoms with Gasteiger partial charge in [-0.05, 0) is 63.9 Å². The van der Waals surface area contributed by atoms with Crippen molar-refractivity contribution in [1.82, 2.24) is 10.2 Å². The Bertz CT molecular complexity index is 373. The van der Waals surface area contributed by atoms with Gasteiger partial charge in [0.1, 0.15) is 5.82 Å². The highest BCUT2D eigenvalue weighted by Gasteiger charge is 2.19. The Hall–Kier alpha value is -0.930. The third-order valence-corrected chi connectivity index (χ3v) is 3.91. The Morgan fingerprint density at radius 3 is 2.63 bits per heavy atom. The summed E-state index contributed by atoms with van der Waals surface area (Å²) < 4.78 is 12.8. The standard InChI is InChI=1S/C16H25FN2/c1-13(4-3-11-18-16-9-10-16)19(2)12-14-5-7-15(17)8-6-14/h5-8,13,16,18H,3-4,9-12H2,1-2H3. The lowest BCUT2D eigenvalue weighted by molar-refractivity contribution is 0.234. The second-order valence-corrected chi connectivity index (χ2v) is 5.76. The van der Waals surface area contributed by atoms with Gasteiger partial charge in [-0.3, -0.25) is 4.90 Å². The molecule has 0 spiro atoms. The van der Waals surface area contributed by atoms with Crippen LogP contribution in [0.1, 0.15) is 38.2 Å². The van der Waals surface area contributed by atoms with E-state index < -0.39 is 0 Å². The maximum Gasteiger partial charge on any atom is 0.123 e. The van der Waals surface area contributed by atoms with E-state index in [0.717, 1.165) is 19.1 Å². The van der Waals surface area contributed by atoms with E-state index in [-0.39, 0.29) is 5.82 Å². The lowest BCUT2D eigenvalue weighted by Crippen LogP contribution is -2.29. The highest BCUT2D eigenvalue weighted by Crippen LogP contribution is 2.18. The monoisotopic (exact) mass is 264 g/mol. The van der Waals surface area contributed by atoms with Gasteiger partial charge in [-0.15, -0.1) is 0 Å². The summed E-state index contributed by atoms with van der Waals surface area (Å²) in [6, 6.07) is 8.18. The molecule has 0 bridgehead atoms. The number of benzene rings is 1. The highest BCUT2D eigenvalue weighted by molar-refractivity contribution is 5.15. The van der Waals surface area contributed by atoms with Crippen molar-refractivity contribution in [2.45, 2.75) is 51.2 Å². The molecule has 1 aliphatic carbocycles. The van der Waals surface area contributed by atoms with Crippen LogP contribution in [0.2, 0.25) is 0 Å². The summed E-state index contributed by atoms with van der Waals surface area (Å²) in [7, 11) is 2.14. The van der Waals surface area contributed by atoms with Crippen LogP contribution in [0.25, 0.3) is 0 Å². The first-order valence-electron chi connectivity index (χ1n) is 7.33. The Morgan fingerprint density at radius 1 is 1.32 bits per heavy atom. The summed E-state index contributed by atoms with van der Waals surface area (Å²) in [5.41, 5.74) is 1.17. The molecule has 19 heavy (non-hydrogen) atoms. The molecule has 1 aromatic carbocycles. The van der Waals surface area contributed by atoms with Crippen molar-refractivity contribution >= 4 is 0 Å². The van der Waals surface area contributed by atoms with Crippen LogP contribution < -0.4 is 5.32 Å². The van der Waals surface area contributed by atoms with Crippen LogP contribution in [0.3, 0.4) is 0 Å². The molecule has 0 radical (unpaired) electrons. The van der Waals surface area contributed by atoms with Gasteiger partial charge in [-0.2, -0.15) is 0 Å². The molecule has 1 saturated carbocycles. The third-order valence-electron chi connectivity index (χ3n) is 3.91. The predicted octanol–water partition coefficient (Wildman–Crippen LogP) is 3.18. The topological polar surface area (TPSA) is 15.3 Å². The molecular weight excluding hydrogens is 239 g/mol. The summed E-state index contributed by atoms with van der Waals surface area (Å²) in [4.78, 5) is 2.34. The van der Waals surface area contributed by atoms with Crippen LogP contribution in [-0.2, 0) is 6.54 Å². The van der Waals surface area contributed by atoms with Crippen LogP contribution in [0.5, 0.6) is 0 Å². The van der Waals surface area contributed by atoms with E-state index in [1.807, 2.05) is 12.1 Å². The van der Waals surface area contributed by atoms with Gasteiger partial charge in [0, 0.05) is 18.6 Å². The lowest BCUT2D eigenvalue weighted by Gasteiger charge is -2.24. The molecule has 3 heteroatoms. The van der Waals surface area contributed by atoms with E-state index in [9.17, 15) is 4.39 Å². The van der Waals surface area contributed by atoms with Crippen molar-refractivity contribution in [2.75, 3.05) is 13.6 Å². The highest BCUT2D eigenvalue weighted by atomic mass is 19.1. The smallest absolute Gasteiger partial charge is 0.123 e. The second-order valence-electron chi connectivity index (χ2n) is 5.76. The van der Waals surface area contributed by atoms with Crippen molar-refractivity contribution in [1.29, 1.82) is 0 Å². The average molecular weight is 264 g/mol. The van der Waals surface area contributed by atoms with Gasteiger partial charge in [0.05, 0.1) is 0 Å². The molecule has 1 N–H and O–H groups in total. The molecule has 1 unspecified atom stereocenters. The number of halogens is 1. The van der Waals surface area contributed by atoms with Crippen LogP contribution in [-0.4, -0.2) is 30.6 Å². The van der Waals surface area contributed by atoms with E-state index >= 15 is 0 Å². The number of nitrogens with zero attached hydrogens (tertiary/aromatic N) is 1. The van der Waals surface area contributed by atoms with E-state index in [2.05, 4.69) is 24.2 Å². The van der Waals surface area contributed by atoms with Crippen LogP contribution in [0.15, 0.2) is 24.3 Å². The number of rotatable bonds is 8. The van der Waals surface area contributed by atoms with E-state index in [0.29, 0.717) is 6.04 Å². The fourth-order valence-corrected chi connectivity index (χ4v) is 2.25. The predicted molar refractivity (Wildman–Crippen MR) is 77.6 cm³/mol. The zero-order valence-electron chi connectivity index (χ0n) is 12.0. The molecule has 1 atom stereocenters. The van der Waals surface area contributed by atoms with Crippen LogP contribution in [0, 0.1) is 5.82 Å². The SMILES string of the molecule is CC(CCCNC1CC1)N(C)Cc1ccc(F)cc1. The van der Waals surface area contributed by atoms with Crippen LogP contribution in [0.4, 0.5) is 4.39 Å². The first-order chi connectivity index (χ1) is 9.15. The Balaban J connectivity index is 1.65. The van der Waals surface area contributed by atoms with Crippen LogP contribution >= 0.6 is 0 Å². The fraction of sp³-hybridized carbons (Fsp3) is 0.625. The molecule has 0 aliphatic heterocycles. The Labute approximate surface area is 116 Å². The van der Waals surface area contributed by atoms with Crippen molar-refractivity contribution in [3.63, 3.8) is 0 Å². The minimum atomic E-state index is -0.161. The van der Waals surface area contributed by atoms with Gasteiger partial charge in [-0.25, -0.2) is 4.39 Å². The number of nitrogens with one attached hydrogen (secondary N) is 1. The molecule has 2 rings (SSSR count). The van der Waals surface area contributed by atoms with Gasteiger partial charge >= 0.3 is 0 Å². The summed E-state index contributed by atoms with van der Waals surface area (Å²) in [5.74, 6) is -0.161. The quantitative estimate of drug-likeness (QED) is 0.725. The number of hydrogen-bond acceptors (Lipinski definition) is 2. The minimum Gasteiger partial charge on any atom is -0.314 e. The third kappa shape index (κ3) is 5.29. The van der Waals surface area contributed by atoms with Crippen molar-refractivity contribution in [3.8, 4) is 0 Å². The Kier molecular flexibility index (Phi) is 5.34.